The van der Waals surface area contributed by atoms with Gasteiger partial charge in [-0.05, 0) is 13.0 Å². The number of allylic oxidation sites excluding steroid dienone is 1. The van der Waals surface area contributed by atoms with Gasteiger partial charge in [-0.3, -0.25) is 4.79 Å². The Hall–Kier alpha value is -0.280. The Labute approximate surface area is 59.0 Å². The standard InChI is InChI=1S/C6H10O2S/c1-2-3-6(8)9-5-4-7/h2-3,7H,4-5H2,1H3/b3-2+. The lowest BCUT2D eigenvalue weighted by Crippen LogP contribution is -1.91. The van der Waals surface area contributed by atoms with Gasteiger partial charge in [0, 0.05) is 5.75 Å². The van der Waals surface area contributed by atoms with Crippen molar-refractivity contribution in [2.45, 2.75) is 6.92 Å². The molecule has 0 aliphatic heterocycles. The molecule has 0 fully saturated rings. The number of hydrogen-bond donors (Lipinski definition) is 1. The zero-order valence-electron chi connectivity index (χ0n) is 5.33. The molecule has 0 radical (unpaired) electrons. The maximum Gasteiger partial charge on any atom is 0.211 e. The Balaban J connectivity index is 3.27. The summed E-state index contributed by atoms with van der Waals surface area (Å²) >= 11 is 1.13. The highest BCUT2D eigenvalue weighted by Crippen LogP contribution is 2.00. The van der Waals surface area contributed by atoms with Crippen molar-refractivity contribution in [1.82, 2.24) is 0 Å². The van der Waals surface area contributed by atoms with Crippen LogP contribution in [0.5, 0.6) is 0 Å². The minimum Gasteiger partial charge on any atom is -0.396 e. The third-order valence-electron chi connectivity index (χ3n) is 0.638. The Kier molecular flexibility index (Phi) is 5.67. The molecule has 1 N–H and O–H groups in total. The van der Waals surface area contributed by atoms with Crippen molar-refractivity contribution in [2.24, 2.45) is 0 Å². The van der Waals surface area contributed by atoms with Crippen molar-refractivity contribution in [3.05, 3.63) is 12.2 Å². The lowest BCUT2D eigenvalue weighted by atomic mass is 10.6. The van der Waals surface area contributed by atoms with Crippen LogP contribution in [0.1, 0.15) is 6.92 Å². The van der Waals surface area contributed by atoms with Gasteiger partial charge in [0.2, 0.25) is 5.12 Å². The van der Waals surface area contributed by atoms with E-state index in [0.29, 0.717) is 5.75 Å². The molecule has 0 saturated heterocycles. The van der Waals surface area contributed by atoms with Crippen molar-refractivity contribution in [3.63, 3.8) is 0 Å². The first-order chi connectivity index (χ1) is 4.31. The number of thioether (sulfide) groups is 1. The van der Waals surface area contributed by atoms with E-state index in [1.54, 1.807) is 13.0 Å². The monoisotopic (exact) mass is 146 g/mol. The van der Waals surface area contributed by atoms with E-state index in [4.69, 9.17) is 5.11 Å². The molecular weight excluding hydrogens is 136 g/mol. The van der Waals surface area contributed by atoms with Gasteiger partial charge >= 0.3 is 0 Å². The van der Waals surface area contributed by atoms with E-state index in [1.807, 2.05) is 0 Å². The predicted octanol–water partition coefficient (Wildman–Crippen LogP) is 0.815. The van der Waals surface area contributed by atoms with Gasteiger partial charge in [0.25, 0.3) is 0 Å². The Bertz CT molecular complexity index is 110. The van der Waals surface area contributed by atoms with Gasteiger partial charge in [0.15, 0.2) is 0 Å². The van der Waals surface area contributed by atoms with Crippen LogP contribution in [0.3, 0.4) is 0 Å². The van der Waals surface area contributed by atoms with Gasteiger partial charge in [-0.2, -0.15) is 0 Å². The van der Waals surface area contributed by atoms with Gasteiger partial charge < -0.3 is 5.11 Å². The summed E-state index contributed by atoms with van der Waals surface area (Å²) in [5.74, 6) is 0.489. The molecule has 0 aromatic heterocycles. The summed E-state index contributed by atoms with van der Waals surface area (Å²) in [4.78, 5) is 10.6. The van der Waals surface area contributed by atoms with Gasteiger partial charge in [0.05, 0.1) is 6.61 Å². The molecule has 0 aliphatic carbocycles. The van der Waals surface area contributed by atoms with E-state index in [9.17, 15) is 4.79 Å². The third-order valence-corrected chi connectivity index (χ3v) is 1.45. The molecule has 0 spiro atoms. The lowest BCUT2D eigenvalue weighted by Gasteiger charge is -1.88. The molecule has 52 valence electrons. The van der Waals surface area contributed by atoms with E-state index in [-0.39, 0.29) is 11.7 Å². The molecule has 2 nitrogen and oxygen atoms in total. The van der Waals surface area contributed by atoms with Gasteiger partial charge in [-0.15, -0.1) is 0 Å². The average molecular weight is 146 g/mol. The summed E-state index contributed by atoms with van der Waals surface area (Å²) in [6, 6.07) is 0. The zero-order chi connectivity index (χ0) is 7.11. The second-order valence-corrected chi connectivity index (χ2v) is 2.49. The topological polar surface area (TPSA) is 37.3 Å². The van der Waals surface area contributed by atoms with Gasteiger partial charge in [0.1, 0.15) is 0 Å². The molecule has 0 unspecified atom stereocenters. The molecule has 0 heterocycles. The molecular formula is C6H10O2S. The van der Waals surface area contributed by atoms with E-state index in [1.165, 1.54) is 6.08 Å². The molecule has 0 atom stereocenters. The van der Waals surface area contributed by atoms with Crippen LogP contribution in [0.25, 0.3) is 0 Å². The fourth-order valence-corrected chi connectivity index (χ4v) is 0.855. The maximum absolute atomic E-state index is 10.6. The Morgan fingerprint density at radius 1 is 1.78 bits per heavy atom. The van der Waals surface area contributed by atoms with Crippen molar-refractivity contribution in [1.29, 1.82) is 0 Å². The van der Waals surface area contributed by atoms with Gasteiger partial charge in [-0.25, -0.2) is 0 Å². The largest absolute Gasteiger partial charge is 0.396 e. The minimum absolute atomic E-state index is 0.00606. The summed E-state index contributed by atoms with van der Waals surface area (Å²) in [5.41, 5.74) is 0. The molecule has 0 rings (SSSR count). The van der Waals surface area contributed by atoms with Crippen molar-refractivity contribution in [2.75, 3.05) is 12.4 Å². The summed E-state index contributed by atoms with van der Waals surface area (Å²) in [6.07, 6.45) is 3.17. The summed E-state index contributed by atoms with van der Waals surface area (Å²) in [6.45, 7) is 1.85. The summed E-state index contributed by atoms with van der Waals surface area (Å²) < 4.78 is 0. The highest BCUT2D eigenvalue weighted by atomic mass is 32.2. The fraction of sp³-hybridized carbons (Fsp3) is 0.500. The highest BCUT2D eigenvalue weighted by molar-refractivity contribution is 8.14. The van der Waals surface area contributed by atoms with Gasteiger partial charge in [-0.1, -0.05) is 17.8 Å². The number of carbonyl (C=O) groups is 1. The number of hydrogen-bond acceptors (Lipinski definition) is 3. The van der Waals surface area contributed by atoms with Crippen LogP contribution in [0.2, 0.25) is 0 Å². The number of carbonyl (C=O) groups excluding carboxylic acids is 1. The maximum atomic E-state index is 10.6. The van der Waals surface area contributed by atoms with E-state index < -0.39 is 0 Å². The van der Waals surface area contributed by atoms with Crippen LogP contribution in [-0.4, -0.2) is 22.6 Å². The number of aliphatic hydroxyl groups is 1. The minimum atomic E-state index is 0.00606. The van der Waals surface area contributed by atoms with Crippen LogP contribution in [0.4, 0.5) is 0 Å². The average Bonchev–Trinajstić information content (AvgIpc) is 1.85. The quantitative estimate of drug-likeness (QED) is 0.599. The van der Waals surface area contributed by atoms with Crippen LogP contribution in [0.15, 0.2) is 12.2 Å². The van der Waals surface area contributed by atoms with E-state index >= 15 is 0 Å². The lowest BCUT2D eigenvalue weighted by molar-refractivity contribution is -0.107. The van der Waals surface area contributed by atoms with Crippen molar-refractivity contribution >= 4 is 16.9 Å². The highest BCUT2D eigenvalue weighted by Gasteiger charge is 1.92. The van der Waals surface area contributed by atoms with Crippen LogP contribution in [-0.2, 0) is 4.79 Å². The molecule has 0 saturated carbocycles. The number of aliphatic hydroxyl groups excluding tert-OH is 1. The summed E-state index contributed by atoms with van der Waals surface area (Å²) in [5, 5.41) is 8.29. The zero-order valence-corrected chi connectivity index (χ0v) is 6.15. The Morgan fingerprint density at radius 3 is 2.89 bits per heavy atom. The van der Waals surface area contributed by atoms with Crippen LogP contribution >= 0.6 is 11.8 Å². The first kappa shape index (κ1) is 8.72. The molecule has 0 bridgehead atoms. The molecule has 0 aromatic rings. The molecule has 0 aromatic carbocycles. The molecule has 0 amide bonds. The van der Waals surface area contributed by atoms with Crippen LogP contribution in [0, 0.1) is 0 Å². The van der Waals surface area contributed by atoms with Crippen LogP contribution < -0.4 is 0 Å². The molecule has 3 heteroatoms. The van der Waals surface area contributed by atoms with Crippen molar-refractivity contribution in [3.8, 4) is 0 Å². The van der Waals surface area contributed by atoms with E-state index in [0.717, 1.165) is 11.8 Å². The smallest absolute Gasteiger partial charge is 0.211 e. The molecule has 9 heavy (non-hydrogen) atoms. The third kappa shape index (κ3) is 5.59. The summed E-state index contributed by atoms with van der Waals surface area (Å²) in [7, 11) is 0. The van der Waals surface area contributed by atoms with Crippen molar-refractivity contribution < 1.29 is 9.90 Å². The Morgan fingerprint density at radius 2 is 2.44 bits per heavy atom. The number of rotatable bonds is 3. The normalized spacial score (nSPS) is 10.4. The molecule has 0 aliphatic rings. The first-order valence-corrected chi connectivity index (χ1v) is 3.70. The second kappa shape index (κ2) is 5.85. The predicted molar refractivity (Wildman–Crippen MR) is 39.4 cm³/mol. The van der Waals surface area contributed by atoms with E-state index in [2.05, 4.69) is 0 Å². The second-order valence-electron chi connectivity index (χ2n) is 1.39. The first-order valence-electron chi connectivity index (χ1n) is 2.71. The SMILES string of the molecule is C/C=C/C(=O)SCCO. The fourth-order valence-electron chi connectivity index (χ4n) is 0.330.